The fourth-order valence-corrected chi connectivity index (χ4v) is 2.98. The van der Waals surface area contributed by atoms with Gasteiger partial charge in [0.15, 0.2) is 0 Å². The molecule has 0 aliphatic heterocycles. The quantitative estimate of drug-likeness (QED) is 0.551. The number of aliphatic hydroxyl groups excluding tert-OH is 1. The molecule has 0 fully saturated rings. The summed E-state index contributed by atoms with van der Waals surface area (Å²) in [6.07, 6.45) is 1.14. The molecule has 0 saturated carbocycles. The molecule has 1 aromatic heterocycles. The number of aliphatic hydroxyl groups is 1. The molecule has 0 aliphatic rings. The van der Waals surface area contributed by atoms with Gasteiger partial charge in [-0.25, -0.2) is 0 Å². The van der Waals surface area contributed by atoms with Crippen molar-refractivity contribution in [3.05, 3.63) is 90.1 Å². The monoisotopic (exact) mass is 285 g/mol. The molecule has 22 heavy (non-hydrogen) atoms. The van der Waals surface area contributed by atoms with Crippen LogP contribution < -0.4 is 0 Å². The Hall–Kier alpha value is -2.71. The average Bonchev–Trinajstić information content (AvgIpc) is 2.61. The molecule has 1 N–H and O–H groups in total. The van der Waals surface area contributed by atoms with Gasteiger partial charge in [0.25, 0.3) is 0 Å². The van der Waals surface area contributed by atoms with Gasteiger partial charge in [0.2, 0.25) is 0 Å². The summed E-state index contributed by atoms with van der Waals surface area (Å²) in [5.41, 5.74) is 2.72. The predicted molar refractivity (Wildman–Crippen MR) is 89.8 cm³/mol. The zero-order valence-corrected chi connectivity index (χ0v) is 12.0. The maximum absolute atomic E-state index is 10.8. The van der Waals surface area contributed by atoms with Crippen LogP contribution in [0, 0.1) is 0 Å². The van der Waals surface area contributed by atoms with Crippen molar-refractivity contribution in [2.24, 2.45) is 0 Å². The highest BCUT2D eigenvalue weighted by Crippen LogP contribution is 2.32. The normalized spacial score (nSPS) is 12.6. The van der Waals surface area contributed by atoms with Crippen LogP contribution in [-0.2, 0) is 0 Å². The summed E-state index contributed by atoms with van der Waals surface area (Å²) in [6.45, 7) is 0. The van der Waals surface area contributed by atoms with E-state index in [4.69, 9.17) is 0 Å². The topological polar surface area (TPSA) is 33.1 Å². The molecule has 0 bridgehead atoms. The van der Waals surface area contributed by atoms with E-state index in [2.05, 4.69) is 23.2 Å². The fourth-order valence-electron chi connectivity index (χ4n) is 2.98. The standard InChI is InChI=1S/C20H15NO/c22-20(16-6-2-1-3-7-16)17-10-4-8-14-11-12-15-9-5-13-21-19(15)18(14)17/h1-13,20,22H. The third-order valence-electron chi connectivity index (χ3n) is 4.06. The summed E-state index contributed by atoms with van der Waals surface area (Å²) in [7, 11) is 0. The molecule has 1 heterocycles. The molecule has 1 unspecified atom stereocenters. The summed E-state index contributed by atoms with van der Waals surface area (Å²) < 4.78 is 0. The third-order valence-corrected chi connectivity index (χ3v) is 4.06. The molecule has 0 radical (unpaired) electrons. The van der Waals surface area contributed by atoms with Crippen molar-refractivity contribution in [2.75, 3.05) is 0 Å². The van der Waals surface area contributed by atoms with Crippen molar-refractivity contribution in [2.45, 2.75) is 6.10 Å². The van der Waals surface area contributed by atoms with Crippen LogP contribution in [0.4, 0.5) is 0 Å². The van der Waals surface area contributed by atoms with Crippen molar-refractivity contribution >= 4 is 21.7 Å². The largest absolute Gasteiger partial charge is 0.384 e. The van der Waals surface area contributed by atoms with Gasteiger partial charge in [-0.2, -0.15) is 0 Å². The van der Waals surface area contributed by atoms with Crippen molar-refractivity contribution in [1.82, 2.24) is 4.98 Å². The first-order chi connectivity index (χ1) is 10.8. The van der Waals surface area contributed by atoms with Crippen LogP contribution >= 0.6 is 0 Å². The van der Waals surface area contributed by atoms with Crippen LogP contribution in [0.15, 0.2) is 79.0 Å². The Balaban J connectivity index is 2.03. The van der Waals surface area contributed by atoms with Gasteiger partial charge in [0.05, 0.1) is 5.52 Å². The number of nitrogens with zero attached hydrogens (tertiary/aromatic N) is 1. The van der Waals surface area contributed by atoms with Crippen molar-refractivity contribution in [3.8, 4) is 0 Å². The van der Waals surface area contributed by atoms with Gasteiger partial charge in [-0.3, -0.25) is 4.98 Å². The Bertz CT molecular complexity index is 947. The first-order valence-corrected chi connectivity index (χ1v) is 7.34. The zero-order valence-electron chi connectivity index (χ0n) is 12.0. The van der Waals surface area contributed by atoms with E-state index in [0.717, 1.165) is 32.8 Å². The molecular formula is C20H15NO. The van der Waals surface area contributed by atoms with Crippen molar-refractivity contribution < 1.29 is 5.11 Å². The van der Waals surface area contributed by atoms with Crippen molar-refractivity contribution in [1.29, 1.82) is 0 Å². The SMILES string of the molecule is OC(c1ccccc1)c1cccc2ccc3cccnc3c12. The number of pyridine rings is 1. The van der Waals surface area contributed by atoms with Gasteiger partial charge in [-0.1, -0.05) is 66.7 Å². The summed E-state index contributed by atoms with van der Waals surface area (Å²) in [4.78, 5) is 4.53. The van der Waals surface area contributed by atoms with E-state index in [1.54, 1.807) is 6.20 Å². The lowest BCUT2D eigenvalue weighted by Gasteiger charge is -2.15. The molecule has 4 aromatic rings. The van der Waals surface area contributed by atoms with Crippen LogP contribution in [0.25, 0.3) is 21.7 Å². The number of fused-ring (bicyclic) bond motifs is 3. The minimum atomic E-state index is -0.655. The minimum absolute atomic E-state index is 0.655. The Labute approximate surface area is 128 Å². The van der Waals surface area contributed by atoms with Gasteiger partial charge >= 0.3 is 0 Å². The van der Waals surface area contributed by atoms with E-state index >= 15 is 0 Å². The Morgan fingerprint density at radius 1 is 0.727 bits per heavy atom. The summed E-state index contributed by atoms with van der Waals surface area (Å²) in [5, 5.41) is 14.0. The number of benzene rings is 3. The smallest absolute Gasteiger partial charge is 0.105 e. The Morgan fingerprint density at radius 2 is 1.50 bits per heavy atom. The summed E-state index contributed by atoms with van der Waals surface area (Å²) >= 11 is 0. The second kappa shape index (κ2) is 5.24. The lowest BCUT2D eigenvalue weighted by Crippen LogP contribution is -2.01. The van der Waals surface area contributed by atoms with E-state index in [9.17, 15) is 5.11 Å². The van der Waals surface area contributed by atoms with Crippen LogP contribution in [-0.4, -0.2) is 10.1 Å². The number of aromatic nitrogens is 1. The molecule has 2 heteroatoms. The molecule has 0 spiro atoms. The first-order valence-electron chi connectivity index (χ1n) is 7.34. The lowest BCUT2D eigenvalue weighted by atomic mass is 9.94. The van der Waals surface area contributed by atoms with E-state index in [1.165, 1.54) is 0 Å². The zero-order chi connectivity index (χ0) is 14.9. The van der Waals surface area contributed by atoms with Gasteiger partial charge in [0.1, 0.15) is 6.10 Å². The van der Waals surface area contributed by atoms with Crippen molar-refractivity contribution in [3.63, 3.8) is 0 Å². The highest BCUT2D eigenvalue weighted by molar-refractivity contribution is 6.07. The Kier molecular flexibility index (Phi) is 3.10. The average molecular weight is 285 g/mol. The first kappa shape index (κ1) is 13.0. The number of hydrogen-bond acceptors (Lipinski definition) is 2. The molecule has 0 saturated heterocycles. The van der Waals surface area contributed by atoms with Crippen LogP contribution in [0.2, 0.25) is 0 Å². The van der Waals surface area contributed by atoms with Crippen LogP contribution in [0.5, 0.6) is 0 Å². The molecular weight excluding hydrogens is 270 g/mol. The number of hydrogen-bond donors (Lipinski definition) is 1. The second-order valence-electron chi connectivity index (χ2n) is 5.40. The summed E-state index contributed by atoms with van der Waals surface area (Å²) in [5.74, 6) is 0. The maximum atomic E-state index is 10.8. The molecule has 0 amide bonds. The molecule has 1 atom stereocenters. The minimum Gasteiger partial charge on any atom is -0.384 e. The van der Waals surface area contributed by atoms with Gasteiger partial charge in [0, 0.05) is 17.0 Å². The second-order valence-corrected chi connectivity index (χ2v) is 5.40. The predicted octanol–water partition coefficient (Wildman–Crippen LogP) is 4.47. The number of rotatable bonds is 2. The molecule has 106 valence electrons. The fraction of sp³-hybridized carbons (Fsp3) is 0.0500. The molecule has 2 nitrogen and oxygen atoms in total. The van der Waals surface area contributed by atoms with Gasteiger partial charge in [-0.05, 0) is 22.6 Å². The summed E-state index contributed by atoms with van der Waals surface area (Å²) in [6, 6.07) is 23.9. The third kappa shape index (κ3) is 2.05. The molecule has 3 aromatic carbocycles. The van der Waals surface area contributed by atoms with E-state index in [1.807, 2.05) is 54.6 Å². The van der Waals surface area contributed by atoms with Crippen LogP contribution in [0.3, 0.4) is 0 Å². The Morgan fingerprint density at radius 3 is 2.36 bits per heavy atom. The highest BCUT2D eigenvalue weighted by atomic mass is 16.3. The van der Waals surface area contributed by atoms with Gasteiger partial charge in [-0.15, -0.1) is 0 Å². The van der Waals surface area contributed by atoms with Gasteiger partial charge < -0.3 is 5.11 Å². The maximum Gasteiger partial charge on any atom is 0.105 e. The van der Waals surface area contributed by atoms with E-state index in [-0.39, 0.29) is 0 Å². The highest BCUT2D eigenvalue weighted by Gasteiger charge is 2.15. The molecule has 0 aliphatic carbocycles. The molecule has 4 rings (SSSR count). The van der Waals surface area contributed by atoms with E-state index < -0.39 is 6.10 Å². The van der Waals surface area contributed by atoms with E-state index in [0.29, 0.717) is 0 Å². The lowest BCUT2D eigenvalue weighted by molar-refractivity contribution is 0.222. The van der Waals surface area contributed by atoms with Crippen LogP contribution in [0.1, 0.15) is 17.2 Å².